The van der Waals surface area contributed by atoms with E-state index in [1.807, 2.05) is 0 Å². The van der Waals surface area contributed by atoms with Crippen molar-refractivity contribution in [1.29, 1.82) is 0 Å². The number of hydrogen-bond acceptors (Lipinski definition) is 1. The van der Waals surface area contributed by atoms with Crippen LogP contribution in [0.4, 0.5) is 0 Å². The highest BCUT2D eigenvalue weighted by Gasteiger charge is 2.56. The quantitative estimate of drug-likeness (QED) is 0.677. The molecule has 104 valence electrons. The Balaban J connectivity index is 1.65. The van der Waals surface area contributed by atoms with E-state index >= 15 is 0 Å². The number of fused-ring (bicyclic) bond motifs is 1. The van der Waals surface area contributed by atoms with Gasteiger partial charge in [0.25, 0.3) is 0 Å². The maximum atomic E-state index is 6.44. The number of hydrogen-bond donors (Lipinski definition) is 0. The van der Waals surface area contributed by atoms with E-state index in [2.05, 4.69) is 58.4 Å². The summed E-state index contributed by atoms with van der Waals surface area (Å²) in [7, 11) is 0. The molecule has 2 heteroatoms. The molecule has 0 aromatic heterocycles. The van der Waals surface area contributed by atoms with E-state index in [-0.39, 0.29) is 0 Å². The Hall–Kier alpha value is -1.02. The van der Waals surface area contributed by atoms with Crippen molar-refractivity contribution in [2.24, 2.45) is 5.41 Å². The lowest BCUT2D eigenvalue weighted by Crippen LogP contribution is -2.55. The van der Waals surface area contributed by atoms with Gasteiger partial charge in [0.2, 0.25) is 0 Å². The summed E-state index contributed by atoms with van der Waals surface area (Å²) >= 11 is 3.87. The zero-order chi connectivity index (χ0) is 13.6. The first-order valence-electron chi connectivity index (χ1n) is 7.58. The molecule has 2 aliphatic carbocycles. The molecule has 2 unspecified atom stereocenters. The summed E-state index contributed by atoms with van der Waals surface area (Å²) in [4.78, 5) is 0.650. The molecule has 0 radical (unpaired) electrons. The average Bonchev–Trinajstić information content (AvgIpc) is 3.00. The Morgan fingerprint density at radius 3 is 2.55 bits per heavy atom. The van der Waals surface area contributed by atoms with Gasteiger partial charge in [0, 0.05) is 15.6 Å². The number of ether oxygens (including phenoxy) is 1. The van der Waals surface area contributed by atoms with Crippen LogP contribution in [0.2, 0.25) is 0 Å². The second-order valence-electron chi connectivity index (χ2n) is 6.23. The van der Waals surface area contributed by atoms with Crippen LogP contribution in [0.25, 0.3) is 10.8 Å². The predicted molar refractivity (Wildman–Crippen MR) is 86.6 cm³/mol. The van der Waals surface area contributed by atoms with Crippen LogP contribution in [0, 0.1) is 5.41 Å². The maximum absolute atomic E-state index is 6.44. The molecule has 4 rings (SSSR count). The summed E-state index contributed by atoms with van der Waals surface area (Å²) in [6, 6.07) is 14.9. The molecule has 2 aromatic rings. The number of benzene rings is 2. The fourth-order valence-electron chi connectivity index (χ4n) is 3.98. The van der Waals surface area contributed by atoms with Crippen molar-refractivity contribution in [3.63, 3.8) is 0 Å². The Morgan fingerprint density at radius 1 is 1.00 bits per heavy atom. The molecule has 20 heavy (non-hydrogen) atoms. The Kier molecular flexibility index (Phi) is 3.03. The average molecular weight is 331 g/mol. The summed E-state index contributed by atoms with van der Waals surface area (Å²) in [5, 5.41) is 2.50. The number of halogens is 1. The standard InChI is InChI=1S/C18H19BrO/c19-16-12-17(18(16)10-3-4-11-18)20-15-9-5-7-13-6-1-2-8-14(13)15/h1-2,5-9,16-17H,3-4,10-12H2. The SMILES string of the molecule is BrC1CC(Oc2cccc3ccccc23)C12CCCC2. The number of rotatable bonds is 2. The predicted octanol–water partition coefficient (Wildman–Crippen LogP) is 5.31. The third kappa shape index (κ3) is 1.81. The van der Waals surface area contributed by atoms with E-state index in [0.717, 1.165) is 12.2 Å². The Labute approximate surface area is 128 Å². The molecule has 0 aliphatic heterocycles. The molecule has 0 heterocycles. The molecule has 1 nitrogen and oxygen atoms in total. The fourth-order valence-corrected chi connectivity index (χ4v) is 5.08. The van der Waals surface area contributed by atoms with Crippen LogP contribution in [-0.2, 0) is 0 Å². The third-order valence-electron chi connectivity index (χ3n) is 5.24. The van der Waals surface area contributed by atoms with Gasteiger partial charge in [-0.1, -0.05) is 65.2 Å². The Bertz CT molecular complexity index is 625. The van der Waals surface area contributed by atoms with Gasteiger partial charge in [-0.3, -0.25) is 0 Å². The molecule has 2 aromatic carbocycles. The van der Waals surface area contributed by atoms with Crippen LogP contribution in [0.5, 0.6) is 5.75 Å². The number of alkyl halides is 1. The molecule has 2 fully saturated rings. The van der Waals surface area contributed by atoms with Crippen molar-refractivity contribution in [2.45, 2.75) is 43.0 Å². The van der Waals surface area contributed by atoms with Gasteiger partial charge in [-0.25, -0.2) is 0 Å². The van der Waals surface area contributed by atoms with E-state index in [9.17, 15) is 0 Å². The van der Waals surface area contributed by atoms with Gasteiger partial charge in [-0.15, -0.1) is 0 Å². The molecule has 0 bridgehead atoms. The molecule has 2 aliphatic rings. The van der Waals surface area contributed by atoms with Crippen molar-refractivity contribution in [3.05, 3.63) is 42.5 Å². The summed E-state index contributed by atoms with van der Waals surface area (Å²) in [6.45, 7) is 0. The molecule has 2 atom stereocenters. The van der Waals surface area contributed by atoms with Gasteiger partial charge in [0.1, 0.15) is 11.9 Å². The van der Waals surface area contributed by atoms with E-state index in [4.69, 9.17) is 4.74 Å². The first-order chi connectivity index (χ1) is 9.79. The molecule has 2 saturated carbocycles. The zero-order valence-corrected chi connectivity index (χ0v) is 13.1. The van der Waals surface area contributed by atoms with Crippen molar-refractivity contribution >= 4 is 26.7 Å². The van der Waals surface area contributed by atoms with Gasteiger partial charge in [0.15, 0.2) is 0 Å². The first-order valence-corrected chi connectivity index (χ1v) is 8.50. The van der Waals surface area contributed by atoms with Crippen LogP contribution < -0.4 is 4.74 Å². The van der Waals surface area contributed by atoms with Gasteiger partial charge in [0.05, 0.1) is 0 Å². The van der Waals surface area contributed by atoms with E-state index in [1.54, 1.807) is 0 Å². The van der Waals surface area contributed by atoms with Gasteiger partial charge in [-0.2, -0.15) is 0 Å². The summed E-state index contributed by atoms with van der Waals surface area (Å²) in [5.74, 6) is 1.05. The van der Waals surface area contributed by atoms with E-state index < -0.39 is 0 Å². The molecular weight excluding hydrogens is 312 g/mol. The lowest BCUT2D eigenvalue weighted by Gasteiger charge is -2.51. The molecule has 0 amide bonds. The van der Waals surface area contributed by atoms with Crippen molar-refractivity contribution in [3.8, 4) is 5.75 Å². The zero-order valence-electron chi connectivity index (χ0n) is 11.5. The van der Waals surface area contributed by atoms with Crippen LogP contribution in [0.1, 0.15) is 32.1 Å². The summed E-state index contributed by atoms with van der Waals surface area (Å²) in [6.07, 6.45) is 6.88. The second-order valence-corrected chi connectivity index (χ2v) is 7.33. The minimum atomic E-state index is 0.389. The molecule has 0 saturated heterocycles. The maximum Gasteiger partial charge on any atom is 0.127 e. The molecular formula is C18H19BrO. The molecule has 0 N–H and O–H groups in total. The van der Waals surface area contributed by atoms with Gasteiger partial charge in [-0.05, 0) is 30.7 Å². The van der Waals surface area contributed by atoms with Gasteiger partial charge >= 0.3 is 0 Å². The van der Waals surface area contributed by atoms with Crippen LogP contribution in [-0.4, -0.2) is 10.9 Å². The highest BCUT2D eigenvalue weighted by Crippen LogP contribution is 2.57. The minimum Gasteiger partial charge on any atom is -0.489 e. The highest BCUT2D eigenvalue weighted by atomic mass is 79.9. The Morgan fingerprint density at radius 2 is 1.75 bits per heavy atom. The molecule has 1 spiro atoms. The van der Waals surface area contributed by atoms with Crippen LogP contribution in [0.15, 0.2) is 42.5 Å². The lowest BCUT2D eigenvalue weighted by atomic mass is 9.64. The monoisotopic (exact) mass is 330 g/mol. The third-order valence-corrected chi connectivity index (χ3v) is 6.53. The smallest absolute Gasteiger partial charge is 0.127 e. The summed E-state index contributed by atoms with van der Waals surface area (Å²) < 4.78 is 6.44. The minimum absolute atomic E-state index is 0.389. The topological polar surface area (TPSA) is 9.23 Å². The fraction of sp³-hybridized carbons (Fsp3) is 0.444. The largest absolute Gasteiger partial charge is 0.489 e. The second kappa shape index (κ2) is 4.77. The van der Waals surface area contributed by atoms with Crippen molar-refractivity contribution in [1.82, 2.24) is 0 Å². The van der Waals surface area contributed by atoms with Crippen LogP contribution in [0.3, 0.4) is 0 Å². The van der Waals surface area contributed by atoms with Crippen LogP contribution >= 0.6 is 15.9 Å². The van der Waals surface area contributed by atoms with E-state index in [0.29, 0.717) is 16.3 Å². The van der Waals surface area contributed by atoms with Crippen molar-refractivity contribution < 1.29 is 4.74 Å². The lowest BCUT2D eigenvalue weighted by molar-refractivity contribution is -0.0294. The van der Waals surface area contributed by atoms with E-state index in [1.165, 1.54) is 36.5 Å². The first kappa shape index (κ1) is 12.7. The summed E-state index contributed by atoms with van der Waals surface area (Å²) in [5.41, 5.74) is 0.400. The normalized spacial score (nSPS) is 27.6. The van der Waals surface area contributed by atoms with Gasteiger partial charge < -0.3 is 4.74 Å². The highest BCUT2D eigenvalue weighted by molar-refractivity contribution is 9.09. The van der Waals surface area contributed by atoms with Crippen molar-refractivity contribution in [2.75, 3.05) is 0 Å².